The maximum absolute atomic E-state index is 5.81. The van der Waals surface area contributed by atoms with Gasteiger partial charge in [0.15, 0.2) is 5.65 Å². The van der Waals surface area contributed by atoms with E-state index in [4.69, 9.17) is 10.5 Å². The van der Waals surface area contributed by atoms with Crippen LogP contribution in [0.4, 0.5) is 5.82 Å². The Hall–Kier alpha value is -1.62. The molecule has 0 saturated carbocycles. The summed E-state index contributed by atoms with van der Waals surface area (Å²) in [5, 5.41) is 4.45. The van der Waals surface area contributed by atoms with Gasteiger partial charge in [-0.3, -0.25) is 0 Å². The third-order valence-corrected chi connectivity index (χ3v) is 2.96. The number of nitrogen functional groups attached to an aromatic ring is 1. The molecule has 0 radical (unpaired) electrons. The van der Waals surface area contributed by atoms with Gasteiger partial charge in [0.2, 0.25) is 0 Å². The van der Waals surface area contributed by atoms with Gasteiger partial charge in [-0.05, 0) is 24.8 Å². The van der Waals surface area contributed by atoms with E-state index < -0.39 is 0 Å². The highest BCUT2D eigenvalue weighted by Gasteiger charge is 2.17. The van der Waals surface area contributed by atoms with Gasteiger partial charge in [-0.15, -0.1) is 0 Å². The van der Waals surface area contributed by atoms with Gasteiger partial charge in [0.1, 0.15) is 5.82 Å². The number of nitrogens with zero attached hydrogens (tertiary/aromatic N) is 3. The maximum atomic E-state index is 5.81. The molecule has 1 atom stereocenters. The Balaban J connectivity index is 1.90. The second-order valence-corrected chi connectivity index (χ2v) is 4.21. The molecule has 5 heteroatoms. The summed E-state index contributed by atoms with van der Waals surface area (Å²) in [5.74, 6) is 1.21. The molecular weight excluding hydrogens is 204 g/mol. The van der Waals surface area contributed by atoms with E-state index in [9.17, 15) is 0 Å². The van der Waals surface area contributed by atoms with Crippen LogP contribution in [0.2, 0.25) is 0 Å². The van der Waals surface area contributed by atoms with Gasteiger partial charge in [0.05, 0.1) is 5.69 Å². The highest BCUT2D eigenvalue weighted by Crippen LogP contribution is 2.18. The fraction of sp³-hybridized carbons (Fsp3) is 0.455. The summed E-state index contributed by atoms with van der Waals surface area (Å²) < 4.78 is 7.04. The molecule has 2 N–H and O–H groups in total. The Labute approximate surface area is 93.2 Å². The van der Waals surface area contributed by atoms with E-state index in [1.807, 2.05) is 6.07 Å². The fourth-order valence-electron chi connectivity index (χ4n) is 2.10. The Bertz CT molecular complexity index is 502. The molecule has 0 aromatic carbocycles. The van der Waals surface area contributed by atoms with E-state index in [-0.39, 0.29) is 0 Å². The summed E-state index contributed by atoms with van der Waals surface area (Å²) >= 11 is 0. The topological polar surface area (TPSA) is 65.4 Å². The molecule has 1 aliphatic rings. The van der Waals surface area contributed by atoms with Gasteiger partial charge >= 0.3 is 0 Å². The summed E-state index contributed by atoms with van der Waals surface area (Å²) in [6.07, 6.45) is 3.77. The molecule has 1 fully saturated rings. The van der Waals surface area contributed by atoms with Gasteiger partial charge in [-0.2, -0.15) is 9.61 Å². The standard InChI is InChI=1S/C11H14N4O/c12-10-1-3-13-11-6-9(14-15(10)11)5-8-2-4-16-7-8/h1,3,6,8H,2,4-5,7,12H2. The minimum atomic E-state index is 0.589. The number of hydrogen-bond acceptors (Lipinski definition) is 4. The predicted octanol–water partition coefficient (Wildman–Crippen LogP) is 0.890. The van der Waals surface area contributed by atoms with E-state index in [1.165, 1.54) is 0 Å². The Kier molecular flexibility index (Phi) is 2.25. The number of nitrogens with two attached hydrogens (primary N) is 1. The molecule has 3 rings (SSSR count). The van der Waals surface area contributed by atoms with Crippen molar-refractivity contribution in [3.8, 4) is 0 Å². The predicted molar refractivity (Wildman–Crippen MR) is 60.0 cm³/mol. The molecule has 0 aliphatic carbocycles. The Morgan fingerprint density at radius 2 is 2.50 bits per heavy atom. The number of hydrogen-bond donors (Lipinski definition) is 1. The third-order valence-electron chi connectivity index (χ3n) is 2.96. The quantitative estimate of drug-likeness (QED) is 0.813. The molecule has 0 amide bonds. The van der Waals surface area contributed by atoms with Crippen molar-refractivity contribution in [2.75, 3.05) is 18.9 Å². The molecule has 2 aromatic heterocycles. The lowest BCUT2D eigenvalue weighted by Gasteiger charge is -2.02. The summed E-state index contributed by atoms with van der Waals surface area (Å²) in [4.78, 5) is 4.23. The molecule has 0 spiro atoms. The van der Waals surface area contributed by atoms with Gasteiger partial charge in [-0.25, -0.2) is 4.98 Å². The van der Waals surface area contributed by atoms with E-state index in [2.05, 4.69) is 10.1 Å². The van der Waals surface area contributed by atoms with Gasteiger partial charge < -0.3 is 10.5 Å². The van der Waals surface area contributed by atoms with Crippen LogP contribution in [0.1, 0.15) is 12.1 Å². The van der Waals surface area contributed by atoms with Gasteiger partial charge in [0.25, 0.3) is 0 Å². The minimum Gasteiger partial charge on any atom is -0.384 e. The second-order valence-electron chi connectivity index (χ2n) is 4.21. The van der Waals surface area contributed by atoms with Crippen LogP contribution in [-0.4, -0.2) is 27.8 Å². The molecule has 0 bridgehead atoms. The zero-order chi connectivity index (χ0) is 11.0. The van der Waals surface area contributed by atoms with Crippen LogP contribution in [0.3, 0.4) is 0 Å². The summed E-state index contributed by atoms with van der Waals surface area (Å²) in [5.41, 5.74) is 7.67. The maximum Gasteiger partial charge on any atom is 0.157 e. The average molecular weight is 218 g/mol. The SMILES string of the molecule is Nc1ccnc2cc(CC3CCOC3)nn12. The molecule has 1 saturated heterocycles. The van der Waals surface area contributed by atoms with Crippen LogP contribution < -0.4 is 5.73 Å². The van der Waals surface area contributed by atoms with Crippen molar-refractivity contribution in [2.45, 2.75) is 12.8 Å². The summed E-state index contributed by atoms with van der Waals surface area (Å²) in [7, 11) is 0. The van der Waals surface area contributed by atoms with Crippen molar-refractivity contribution in [3.05, 3.63) is 24.0 Å². The lowest BCUT2D eigenvalue weighted by Crippen LogP contribution is -2.04. The van der Waals surface area contributed by atoms with Crippen LogP contribution in [0.25, 0.3) is 5.65 Å². The second kappa shape index (κ2) is 3.75. The number of ether oxygens (including phenoxy) is 1. The van der Waals surface area contributed by atoms with Crippen LogP contribution in [0, 0.1) is 5.92 Å². The van der Waals surface area contributed by atoms with E-state index in [0.29, 0.717) is 11.7 Å². The first kappa shape index (κ1) is 9.59. The largest absolute Gasteiger partial charge is 0.384 e. The first-order chi connectivity index (χ1) is 7.83. The lowest BCUT2D eigenvalue weighted by molar-refractivity contribution is 0.185. The monoisotopic (exact) mass is 218 g/mol. The summed E-state index contributed by atoms with van der Waals surface area (Å²) in [6, 6.07) is 3.75. The molecule has 1 unspecified atom stereocenters. The van der Waals surface area contributed by atoms with E-state index in [1.54, 1.807) is 16.8 Å². The smallest absolute Gasteiger partial charge is 0.157 e. The third kappa shape index (κ3) is 1.63. The van der Waals surface area contributed by atoms with Crippen molar-refractivity contribution < 1.29 is 4.74 Å². The van der Waals surface area contributed by atoms with E-state index >= 15 is 0 Å². The van der Waals surface area contributed by atoms with Gasteiger partial charge in [0, 0.05) is 25.5 Å². The molecule has 16 heavy (non-hydrogen) atoms. The van der Waals surface area contributed by atoms with Gasteiger partial charge in [-0.1, -0.05) is 0 Å². The van der Waals surface area contributed by atoms with Crippen molar-refractivity contribution >= 4 is 11.5 Å². The van der Waals surface area contributed by atoms with E-state index in [0.717, 1.165) is 37.4 Å². The first-order valence-corrected chi connectivity index (χ1v) is 5.50. The molecule has 5 nitrogen and oxygen atoms in total. The van der Waals surface area contributed by atoms with Crippen LogP contribution in [0.15, 0.2) is 18.3 Å². The van der Waals surface area contributed by atoms with Crippen LogP contribution in [0.5, 0.6) is 0 Å². The lowest BCUT2D eigenvalue weighted by atomic mass is 10.0. The summed E-state index contributed by atoms with van der Waals surface area (Å²) in [6.45, 7) is 1.72. The number of fused-ring (bicyclic) bond motifs is 1. The fourth-order valence-corrected chi connectivity index (χ4v) is 2.10. The Morgan fingerprint density at radius 1 is 1.56 bits per heavy atom. The zero-order valence-electron chi connectivity index (χ0n) is 8.97. The minimum absolute atomic E-state index is 0.589. The molecule has 1 aliphatic heterocycles. The van der Waals surface area contributed by atoms with Crippen LogP contribution in [-0.2, 0) is 11.2 Å². The molecular formula is C11H14N4O. The molecule has 84 valence electrons. The number of aromatic nitrogens is 3. The highest BCUT2D eigenvalue weighted by molar-refractivity contribution is 5.46. The highest BCUT2D eigenvalue weighted by atomic mass is 16.5. The van der Waals surface area contributed by atoms with Crippen molar-refractivity contribution in [1.29, 1.82) is 0 Å². The first-order valence-electron chi connectivity index (χ1n) is 5.50. The van der Waals surface area contributed by atoms with Crippen molar-refractivity contribution in [3.63, 3.8) is 0 Å². The van der Waals surface area contributed by atoms with Crippen molar-refractivity contribution in [2.24, 2.45) is 5.92 Å². The normalized spacial score (nSPS) is 20.6. The average Bonchev–Trinajstić information content (AvgIpc) is 2.88. The molecule has 3 heterocycles. The van der Waals surface area contributed by atoms with Crippen molar-refractivity contribution in [1.82, 2.24) is 14.6 Å². The number of rotatable bonds is 2. The molecule has 2 aromatic rings. The van der Waals surface area contributed by atoms with Crippen LogP contribution >= 0.6 is 0 Å². The number of anilines is 1. The zero-order valence-corrected chi connectivity index (χ0v) is 8.97. The Morgan fingerprint density at radius 3 is 3.25 bits per heavy atom.